The molecule has 0 bridgehead atoms. The highest BCUT2D eigenvalue weighted by Crippen LogP contribution is 2.34. The van der Waals surface area contributed by atoms with E-state index in [0.29, 0.717) is 5.75 Å². The van der Waals surface area contributed by atoms with Crippen LogP contribution in [0, 0.1) is 11.7 Å². The van der Waals surface area contributed by atoms with Crippen molar-refractivity contribution in [1.82, 2.24) is 0 Å². The van der Waals surface area contributed by atoms with E-state index in [1.54, 1.807) is 13.8 Å². The van der Waals surface area contributed by atoms with Crippen molar-refractivity contribution in [2.75, 3.05) is 0 Å². The fourth-order valence-corrected chi connectivity index (χ4v) is 1.07. The third-order valence-corrected chi connectivity index (χ3v) is 1.74. The first-order chi connectivity index (χ1) is 5.31. The molecule has 0 aliphatic carbocycles. The summed E-state index contributed by atoms with van der Waals surface area (Å²) >= 11 is -0.416. The fraction of sp³-hybridized carbons (Fsp3) is 0.857. The molecule has 0 N–H and O–H groups in total. The van der Waals surface area contributed by atoms with Crippen LogP contribution in [0.1, 0.15) is 20.3 Å². The van der Waals surface area contributed by atoms with Crippen molar-refractivity contribution < 1.29 is 17.6 Å². The van der Waals surface area contributed by atoms with E-state index >= 15 is 0 Å². The van der Waals surface area contributed by atoms with Crippen LogP contribution in [0.15, 0.2) is 0 Å². The summed E-state index contributed by atoms with van der Waals surface area (Å²) in [6, 6.07) is 0. The summed E-state index contributed by atoms with van der Waals surface area (Å²) in [7, 11) is 0. The summed E-state index contributed by atoms with van der Waals surface area (Å²) in [6.45, 7) is 3.53. The van der Waals surface area contributed by atoms with Crippen molar-refractivity contribution in [2.24, 2.45) is 5.92 Å². The molecule has 0 rings (SSSR count). The van der Waals surface area contributed by atoms with E-state index in [0.717, 1.165) is 0 Å². The first kappa shape index (κ1) is 12.1. The van der Waals surface area contributed by atoms with Gasteiger partial charge in [-0.25, -0.2) is 4.39 Å². The Labute approximate surface area is 73.7 Å². The second-order valence-electron chi connectivity index (χ2n) is 2.85. The maximum Gasteiger partial charge on any atom is 0.442 e. The molecular weight excluding hydrogens is 192 g/mol. The lowest BCUT2D eigenvalue weighted by atomic mass is 10.1. The lowest BCUT2D eigenvalue weighted by molar-refractivity contribution is -0.0325. The van der Waals surface area contributed by atoms with E-state index in [2.05, 4.69) is 0 Å². The molecule has 0 nitrogen and oxygen atoms in total. The number of rotatable bonds is 4. The van der Waals surface area contributed by atoms with Crippen molar-refractivity contribution in [3.63, 3.8) is 0 Å². The number of hydrogen-bond donors (Lipinski definition) is 0. The van der Waals surface area contributed by atoms with Gasteiger partial charge in [0.25, 0.3) is 0 Å². The van der Waals surface area contributed by atoms with Gasteiger partial charge in [-0.2, -0.15) is 13.2 Å². The van der Waals surface area contributed by atoms with Gasteiger partial charge in [-0.1, -0.05) is 13.8 Å². The molecule has 1 radical (unpaired) electrons. The van der Waals surface area contributed by atoms with E-state index in [9.17, 15) is 17.6 Å². The molecule has 0 aromatic rings. The SMILES string of the molecule is CC(C)CC(F)[CH]SC(F)(F)F. The molecule has 0 aromatic heterocycles. The van der Waals surface area contributed by atoms with Crippen molar-refractivity contribution >= 4 is 11.8 Å². The number of alkyl halides is 4. The standard InChI is InChI=1S/C7H11F4S/c1-5(2)3-6(8)4-12-7(9,10)11/h4-6H,3H2,1-2H3. The third kappa shape index (κ3) is 8.17. The van der Waals surface area contributed by atoms with Crippen LogP contribution in [0.25, 0.3) is 0 Å². The van der Waals surface area contributed by atoms with Crippen molar-refractivity contribution in [1.29, 1.82) is 0 Å². The summed E-state index contributed by atoms with van der Waals surface area (Å²) in [4.78, 5) is 0. The lowest BCUT2D eigenvalue weighted by Gasteiger charge is -2.10. The Hall–Kier alpha value is 0.0700. The number of thioether (sulfide) groups is 1. The van der Waals surface area contributed by atoms with E-state index in [1.807, 2.05) is 0 Å². The van der Waals surface area contributed by atoms with Gasteiger partial charge in [-0.3, -0.25) is 0 Å². The number of halogens is 4. The average molecular weight is 203 g/mol. The van der Waals surface area contributed by atoms with Gasteiger partial charge < -0.3 is 0 Å². The summed E-state index contributed by atoms with van der Waals surface area (Å²) < 4.78 is 47.2. The topological polar surface area (TPSA) is 0 Å². The molecule has 1 atom stereocenters. The van der Waals surface area contributed by atoms with E-state index in [4.69, 9.17) is 0 Å². The predicted molar refractivity (Wildman–Crippen MR) is 42.3 cm³/mol. The molecule has 0 fully saturated rings. The Morgan fingerprint density at radius 1 is 1.33 bits per heavy atom. The van der Waals surface area contributed by atoms with Crippen LogP contribution in [0.4, 0.5) is 17.6 Å². The smallest absolute Gasteiger partial charge is 0.246 e. The van der Waals surface area contributed by atoms with Crippen LogP contribution in [0.3, 0.4) is 0 Å². The zero-order valence-electron chi connectivity index (χ0n) is 6.86. The van der Waals surface area contributed by atoms with Gasteiger partial charge in [0, 0.05) is 0 Å². The highest BCUT2D eigenvalue weighted by atomic mass is 32.2. The summed E-state index contributed by atoms with van der Waals surface area (Å²) in [5.41, 5.74) is -4.36. The monoisotopic (exact) mass is 203 g/mol. The summed E-state index contributed by atoms with van der Waals surface area (Å²) in [5, 5.41) is 0. The maximum atomic E-state index is 12.6. The molecule has 0 aliphatic rings. The van der Waals surface area contributed by atoms with Crippen LogP contribution in [-0.2, 0) is 0 Å². The summed E-state index contributed by atoms with van der Waals surface area (Å²) in [6.07, 6.45) is -1.33. The highest BCUT2D eigenvalue weighted by molar-refractivity contribution is 8.02. The Morgan fingerprint density at radius 2 is 1.83 bits per heavy atom. The van der Waals surface area contributed by atoms with E-state index in [1.165, 1.54) is 0 Å². The van der Waals surface area contributed by atoms with Gasteiger partial charge in [0.15, 0.2) is 0 Å². The first-order valence-corrected chi connectivity index (χ1v) is 4.41. The van der Waals surface area contributed by atoms with Crippen LogP contribution in [-0.4, -0.2) is 11.7 Å². The van der Waals surface area contributed by atoms with Gasteiger partial charge in [-0.15, -0.1) is 0 Å². The molecule has 5 heteroatoms. The van der Waals surface area contributed by atoms with Crippen molar-refractivity contribution in [2.45, 2.75) is 31.9 Å². The third-order valence-electron chi connectivity index (χ3n) is 1.05. The van der Waals surface area contributed by atoms with Crippen molar-refractivity contribution in [3.05, 3.63) is 5.75 Å². The largest absolute Gasteiger partial charge is 0.442 e. The predicted octanol–water partition coefficient (Wildman–Crippen LogP) is 3.79. The van der Waals surface area contributed by atoms with Crippen LogP contribution >= 0.6 is 11.8 Å². The van der Waals surface area contributed by atoms with Crippen LogP contribution < -0.4 is 0 Å². The molecule has 0 saturated heterocycles. The minimum atomic E-state index is -4.36. The minimum Gasteiger partial charge on any atom is -0.246 e. The Kier molecular flexibility index (Phi) is 4.97. The first-order valence-electron chi connectivity index (χ1n) is 3.53. The molecule has 0 heterocycles. The maximum absolute atomic E-state index is 12.6. The normalized spacial score (nSPS) is 15.2. The van der Waals surface area contributed by atoms with E-state index < -0.39 is 23.4 Å². The molecule has 0 aliphatic heterocycles. The van der Waals surface area contributed by atoms with Crippen LogP contribution in [0.2, 0.25) is 0 Å². The molecule has 0 amide bonds. The number of hydrogen-bond acceptors (Lipinski definition) is 1. The van der Waals surface area contributed by atoms with Gasteiger partial charge in [0.05, 0.1) is 5.75 Å². The zero-order chi connectivity index (χ0) is 9.78. The molecule has 0 saturated carbocycles. The van der Waals surface area contributed by atoms with E-state index in [-0.39, 0.29) is 12.3 Å². The zero-order valence-corrected chi connectivity index (χ0v) is 7.68. The Bertz CT molecular complexity index is 121. The molecule has 1 unspecified atom stereocenters. The van der Waals surface area contributed by atoms with Gasteiger partial charge >= 0.3 is 5.51 Å². The lowest BCUT2D eigenvalue weighted by Crippen LogP contribution is -2.08. The average Bonchev–Trinajstić information content (AvgIpc) is 1.80. The van der Waals surface area contributed by atoms with Crippen molar-refractivity contribution in [3.8, 4) is 0 Å². The highest BCUT2D eigenvalue weighted by Gasteiger charge is 2.29. The second-order valence-corrected chi connectivity index (χ2v) is 3.82. The molecule has 0 spiro atoms. The van der Waals surface area contributed by atoms with Crippen LogP contribution in [0.5, 0.6) is 0 Å². The molecule has 0 aromatic carbocycles. The fourth-order valence-electron chi connectivity index (χ4n) is 0.657. The molecule has 12 heavy (non-hydrogen) atoms. The van der Waals surface area contributed by atoms with Gasteiger partial charge in [0.2, 0.25) is 0 Å². The molecular formula is C7H11F4S. The summed E-state index contributed by atoms with van der Waals surface area (Å²) in [5.74, 6) is 0.671. The quantitative estimate of drug-likeness (QED) is 0.626. The Morgan fingerprint density at radius 3 is 2.17 bits per heavy atom. The van der Waals surface area contributed by atoms with Gasteiger partial charge in [0.1, 0.15) is 6.17 Å². The second kappa shape index (κ2) is 4.94. The Balaban J connectivity index is 3.51. The molecule has 73 valence electrons. The minimum absolute atomic E-state index is 0.0742. The van der Waals surface area contributed by atoms with Gasteiger partial charge in [-0.05, 0) is 24.1 Å².